The van der Waals surface area contributed by atoms with Crippen molar-refractivity contribution in [2.45, 2.75) is 25.6 Å². The van der Waals surface area contributed by atoms with Crippen molar-refractivity contribution in [2.24, 2.45) is 0 Å². The summed E-state index contributed by atoms with van der Waals surface area (Å²) in [6.45, 7) is 1.20. The fourth-order valence-electron chi connectivity index (χ4n) is 2.91. The van der Waals surface area contributed by atoms with E-state index in [1.54, 1.807) is 12.1 Å². The molecule has 0 saturated heterocycles. The molecule has 0 aliphatic carbocycles. The quantitative estimate of drug-likeness (QED) is 0.940. The van der Waals surface area contributed by atoms with E-state index < -0.39 is 12.0 Å². The Balaban J connectivity index is 0.00000192. The number of hydrogen-bond acceptors (Lipinski definition) is 3. The molecule has 2 aromatic carbocycles. The normalized spacial score (nSPS) is 16.7. The van der Waals surface area contributed by atoms with E-state index >= 15 is 0 Å². The van der Waals surface area contributed by atoms with Crippen LogP contribution in [0.2, 0.25) is 0 Å². The SMILES string of the molecule is Cl.N#Cc1ccc(CN2Cc3ccccc3CC2C(=O)O)cc1. The zero-order valence-corrected chi connectivity index (χ0v) is 13.3. The average molecular weight is 329 g/mol. The molecule has 0 aromatic heterocycles. The van der Waals surface area contributed by atoms with Crippen LogP contribution in [-0.4, -0.2) is 22.0 Å². The summed E-state index contributed by atoms with van der Waals surface area (Å²) in [6.07, 6.45) is 0.530. The highest BCUT2D eigenvalue weighted by molar-refractivity contribution is 5.85. The summed E-state index contributed by atoms with van der Waals surface area (Å²) < 4.78 is 0. The number of aliphatic carboxylic acids is 1. The minimum atomic E-state index is -0.789. The van der Waals surface area contributed by atoms with Gasteiger partial charge in [-0.2, -0.15) is 5.26 Å². The Labute approximate surface area is 141 Å². The summed E-state index contributed by atoms with van der Waals surface area (Å²) in [7, 11) is 0. The van der Waals surface area contributed by atoms with Crippen LogP contribution >= 0.6 is 12.4 Å². The molecule has 3 rings (SSSR count). The van der Waals surface area contributed by atoms with Gasteiger partial charge in [0.25, 0.3) is 0 Å². The second-order valence-corrected chi connectivity index (χ2v) is 5.54. The first-order valence-electron chi connectivity index (χ1n) is 7.20. The van der Waals surface area contributed by atoms with Gasteiger partial charge in [-0.15, -0.1) is 12.4 Å². The number of nitrogens with zero attached hydrogens (tertiary/aromatic N) is 2. The average Bonchev–Trinajstić information content (AvgIpc) is 2.54. The molecule has 0 saturated carbocycles. The number of fused-ring (bicyclic) bond motifs is 1. The molecule has 23 heavy (non-hydrogen) atoms. The van der Waals surface area contributed by atoms with Crippen LogP contribution in [0.5, 0.6) is 0 Å². The highest BCUT2D eigenvalue weighted by atomic mass is 35.5. The van der Waals surface area contributed by atoms with E-state index in [0.717, 1.165) is 11.1 Å². The third kappa shape index (κ3) is 3.70. The molecule has 2 aromatic rings. The van der Waals surface area contributed by atoms with Crippen molar-refractivity contribution in [3.8, 4) is 6.07 Å². The van der Waals surface area contributed by atoms with Gasteiger partial charge in [-0.25, -0.2) is 0 Å². The molecule has 118 valence electrons. The van der Waals surface area contributed by atoms with Crippen molar-refractivity contribution in [1.29, 1.82) is 5.26 Å². The third-order valence-corrected chi connectivity index (χ3v) is 4.10. The zero-order valence-electron chi connectivity index (χ0n) is 12.5. The van der Waals surface area contributed by atoms with Gasteiger partial charge in [0.2, 0.25) is 0 Å². The lowest BCUT2D eigenvalue weighted by Gasteiger charge is -2.34. The molecule has 4 nitrogen and oxygen atoms in total. The molecular weight excluding hydrogens is 312 g/mol. The van der Waals surface area contributed by atoms with Crippen LogP contribution < -0.4 is 0 Å². The number of carboxylic acid groups (broad SMARTS) is 1. The van der Waals surface area contributed by atoms with Crippen molar-refractivity contribution in [3.05, 3.63) is 70.8 Å². The topological polar surface area (TPSA) is 64.3 Å². The predicted molar refractivity (Wildman–Crippen MR) is 89.2 cm³/mol. The van der Waals surface area contributed by atoms with E-state index in [0.29, 0.717) is 25.1 Å². The van der Waals surface area contributed by atoms with Gasteiger partial charge in [0.15, 0.2) is 0 Å². The first-order valence-corrected chi connectivity index (χ1v) is 7.20. The maximum absolute atomic E-state index is 11.6. The largest absolute Gasteiger partial charge is 0.480 e. The highest BCUT2D eigenvalue weighted by Gasteiger charge is 2.31. The van der Waals surface area contributed by atoms with Gasteiger partial charge in [-0.3, -0.25) is 9.69 Å². The van der Waals surface area contributed by atoms with Crippen molar-refractivity contribution in [1.82, 2.24) is 4.90 Å². The van der Waals surface area contributed by atoms with Crippen LogP contribution in [-0.2, 0) is 24.3 Å². The Kier molecular flexibility index (Phi) is 5.38. The van der Waals surface area contributed by atoms with Crippen LogP contribution in [0.1, 0.15) is 22.3 Å². The molecule has 1 aliphatic rings. The van der Waals surface area contributed by atoms with Crippen molar-refractivity contribution >= 4 is 18.4 Å². The molecule has 0 spiro atoms. The molecule has 1 unspecified atom stereocenters. The van der Waals surface area contributed by atoms with Crippen LogP contribution in [0.25, 0.3) is 0 Å². The highest BCUT2D eigenvalue weighted by Crippen LogP contribution is 2.25. The van der Waals surface area contributed by atoms with Crippen molar-refractivity contribution in [2.75, 3.05) is 0 Å². The summed E-state index contributed by atoms with van der Waals surface area (Å²) in [5, 5.41) is 18.3. The maximum atomic E-state index is 11.6. The lowest BCUT2D eigenvalue weighted by atomic mass is 9.93. The standard InChI is InChI=1S/C18H16N2O2.ClH/c19-10-13-5-7-14(8-6-13)11-20-12-16-4-2-1-3-15(16)9-17(20)18(21)22;/h1-8,17H,9,11-12H2,(H,21,22);1H. The molecule has 1 aliphatic heterocycles. The van der Waals surface area contributed by atoms with Gasteiger partial charge in [-0.05, 0) is 35.2 Å². The van der Waals surface area contributed by atoms with E-state index in [4.69, 9.17) is 5.26 Å². The van der Waals surface area contributed by atoms with Crippen LogP contribution in [0.15, 0.2) is 48.5 Å². The number of carbonyl (C=O) groups is 1. The first-order chi connectivity index (χ1) is 10.7. The number of halogens is 1. The molecule has 1 heterocycles. The first kappa shape index (κ1) is 17.0. The third-order valence-electron chi connectivity index (χ3n) is 4.10. The second kappa shape index (κ2) is 7.28. The van der Waals surface area contributed by atoms with Gasteiger partial charge >= 0.3 is 5.97 Å². The minimum absolute atomic E-state index is 0. The number of benzene rings is 2. The van der Waals surface area contributed by atoms with Gasteiger partial charge in [-0.1, -0.05) is 36.4 Å². The number of nitriles is 1. The summed E-state index contributed by atoms with van der Waals surface area (Å²) in [5.41, 5.74) is 3.94. The van der Waals surface area contributed by atoms with E-state index in [-0.39, 0.29) is 12.4 Å². The lowest BCUT2D eigenvalue weighted by Crippen LogP contribution is -2.44. The number of rotatable bonds is 3. The summed E-state index contributed by atoms with van der Waals surface area (Å²) >= 11 is 0. The monoisotopic (exact) mass is 328 g/mol. The maximum Gasteiger partial charge on any atom is 0.321 e. The Morgan fingerprint density at radius 3 is 2.43 bits per heavy atom. The second-order valence-electron chi connectivity index (χ2n) is 5.54. The smallest absolute Gasteiger partial charge is 0.321 e. The van der Waals surface area contributed by atoms with Crippen molar-refractivity contribution in [3.63, 3.8) is 0 Å². The molecule has 0 fully saturated rings. The van der Waals surface area contributed by atoms with E-state index in [1.165, 1.54) is 5.56 Å². The fraction of sp³-hybridized carbons (Fsp3) is 0.222. The van der Waals surface area contributed by atoms with Crippen LogP contribution in [0.3, 0.4) is 0 Å². The Morgan fingerprint density at radius 1 is 1.17 bits per heavy atom. The molecule has 1 N–H and O–H groups in total. The van der Waals surface area contributed by atoms with Gasteiger partial charge < -0.3 is 5.11 Å². The van der Waals surface area contributed by atoms with E-state index in [9.17, 15) is 9.90 Å². The van der Waals surface area contributed by atoms with Gasteiger partial charge in [0.1, 0.15) is 6.04 Å². The number of hydrogen-bond donors (Lipinski definition) is 1. The molecule has 0 bridgehead atoms. The van der Waals surface area contributed by atoms with Crippen LogP contribution in [0.4, 0.5) is 0 Å². The molecular formula is C18H17ClN2O2. The van der Waals surface area contributed by atoms with Gasteiger partial charge in [0, 0.05) is 13.1 Å². The summed E-state index contributed by atoms with van der Waals surface area (Å²) in [6, 6.07) is 16.9. The Morgan fingerprint density at radius 2 is 1.83 bits per heavy atom. The minimum Gasteiger partial charge on any atom is -0.480 e. The molecule has 5 heteroatoms. The molecule has 1 atom stereocenters. The summed E-state index contributed by atoms with van der Waals surface area (Å²) in [4.78, 5) is 13.6. The molecule has 0 amide bonds. The lowest BCUT2D eigenvalue weighted by molar-refractivity contribution is -0.144. The molecule has 0 radical (unpaired) electrons. The van der Waals surface area contributed by atoms with E-state index in [1.807, 2.05) is 35.2 Å². The zero-order chi connectivity index (χ0) is 15.5. The van der Waals surface area contributed by atoms with Gasteiger partial charge in [0.05, 0.1) is 11.6 Å². The Bertz CT molecular complexity index is 737. The number of carboxylic acids is 1. The van der Waals surface area contributed by atoms with Crippen LogP contribution in [0, 0.1) is 11.3 Å². The Hall–Kier alpha value is -2.35. The summed E-state index contributed by atoms with van der Waals surface area (Å²) in [5.74, 6) is -0.789. The van der Waals surface area contributed by atoms with Crippen molar-refractivity contribution < 1.29 is 9.90 Å². The predicted octanol–water partition coefficient (Wildman–Crippen LogP) is 2.99. The fourth-order valence-corrected chi connectivity index (χ4v) is 2.91. The van der Waals surface area contributed by atoms with E-state index in [2.05, 4.69) is 12.1 Å².